The quantitative estimate of drug-likeness (QED) is 0.924. The summed E-state index contributed by atoms with van der Waals surface area (Å²) in [6.45, 7) is 1.67. The Labute approximate surface area is 106 Å². The molecule has 2 aromatic rings. The molecule has 0 bridgehead atoms. The molecule has 1 aromatic carbocycles. The standard InChI is InChI=1S/C11H9BrN2O3/c1-6-9(16-11(13)15)10(17-14-6)7-2-4-8(12)5-3-7/h2-5H,1H3,(H2,13,15). The number of hydrogen-bond acceptors (Lipinski definition) is 4. The molecule has 2 N–H and O–H groups in total. The number of benzene rings is 1. The van der Waals surface area contributed by atoms with Gasteiger partial charge in [-0.15, -0.1) is 0 Å². The monoisotopic (exact) mass is 296 g/mol. The van der Waals surface area contributed by atoms with Gasteiger partial charge in [0, 0.05) is 10.0 Å². The van der Waals surface area contributed by atoms with Gasteiger partial charge < -0.3 is 15.0 Å². The Kier molecular flexibility index (Phi) is 3.14. The maximum absolute atomic E-state index is 10.8. The molecule has 5 nitrogen and oxygen atoms in total. The number of nitrogens with two attached hydrogens (primary N) is 1. The van der Waals surface area contributed by atoms with Gasteiger partial charge in [0.15, 0.2) is 0 Å². The summed E-state index contributed by atoms with van der Waals surface area (Å²) in [5.74, 6) is 0.633. The van der Waals surface area contributed by atoms with Gasteiger partial charge in [0.05, 0.1) is 0 Å². The van der Waals surface area contributed by atoms with E-state index in [1.54, 1.807) is 6.92 Å². The summed E-state index contributed by atoms with van der Waals surface area (Å²) in [7, 11) is 0. The van der Waals surface area contributed by atoms with Crippen LogP contribution in [-0.2, 0) is 0 Å². The first-order chi connectivity index (χ1) is 8.08. The van der Waals surface area contributed by atoms with Crippen LogP contribution in [0.3, 0.4) is 0 Å². The minimum atomic E-state index is -0.894. The molecular weight excluding hydrogens is 288 g/mol. The van der Waals surface area contributed by atoms with Gasteiger partial charge in [0.25, 0.3) is 0 Å². The number of carbonyl (C=O) groups is 1. The molecular formula is C11H9BrN2O3. The number of nitrogens with zero attached hydrogens (tertiary/aromatic N) is 1. The highest BCUT2D eigenvalue weighted by molar-refractivity contribution is 9.10. The molecule has 0 saturated carbocycles. The van der Waals surface area contributed by atoms with Crippen molar-refractivity contribution in [1.29, 1.82) is 0 Å². The number of amides is 1. The molecule has 17 heavy (non-hydrogen) atoms. The first-order valence-electron chi connectivity index (χ1n) is 4.77. The van der Waals surface area contributed by atoms with E-state index in [2.05, 4.69) is 21.1 Å². The number of rotatable bonds is 2. The van der Waals surface area contributed by atoms with Gasteiger partial charge in [-0.25, -0.2) is 4.79 Å². The molecule has 6 heteroatoms. The molecule has 0 saturated heterocycles. The lowest BCUT2D eigenvalue weighted by atomic mass is 10.1. The fraction of sp³-hybridized carbons (Fsp3) is 0.0909. The van der Waals surface area contributed by atoms with E-state index in [0.717, 1.165) is 10.0 Å². The highest BCUT2D eigenvalue weighted by Gasteiger charge is 2.18. The Balaban J connectivity index is 2.45. The molecule has 0 spiro atoms. The lowest BCUT2D eigenvalue weighted by Crippen LogP contribution is -2.16. The highest BCUT2D eigenvalue weighted by atomic mass is 79.9. The summed E-state index contributed by atoms with van der Waals surface area (Å²) in [5.41, 5.74) is 6.21. The van der Waals surface area contributed by atoms with Gasteiger partial charge in [-0.05, 0) is 31.2 Å². The van der Waals surface area contributed by atoms with Gasteiger partial charge in [-0.2, -0.15) is 0 Å². The van der Waals surface area contributed by atoms with E-state index >= 15 is 0 Å². The molecule has 1 aromatic heterocycles. The van der Waals surface area contributed by atoms with E-state index in [9.17, 15) is 4.79 Å². The average Bonchev–Trinajstić information content (AvgIpc) is 2.61. The number of aromatic nitrogens is 1. The van der Waals surface area contributed by atoms with Crippen LogP contribution in [0.25, 0.3) is 11.3 Å². The van der Waals surface area contributed by atoms with Crippen LogP contribution in [0.15, 0.2) is 33.3 Å². The van der Waals surface area contributed by atoms with Crippen molar-refractivity contribution in [3.63, 3.8) is 0 Å². The summed E-state index contributed by atoms with van der Waals surface area (Å²) in [5, 5.41) is 3.75. The van der Waals surface area contributed by atoms with Crippen molar-refractivity contribution in [3.8, 4) is 17.1 Å². The summed E-state index contributed by atoms with van der Waals surface area (Å²) in [6.07, 6.45) is -0.894. The SMILES string of the molecule is Cc1noc(-c2ccc(Br)cc2)c1OC(N)=O. The third kappa shape index (κ3) is 2.47. The van der Waals surface area contributed by atoms with Crippen molar-refractivity contribution in [3.05, 3.63) is 34.4 Å². The smallest absolute Gasteiger partial charge is 0.404 e. The molecule has 1 amide bonds. The summed E-state index contributed by atoms with van der Waals surface area (Å²) < 4.78 is 10.9. The fourth-order valence-corrected chi connectivity index (χ4v) is 1.63. The maximum atomic E-state index is 10.8. The molecule has 88 valence electrons. The number of halogens is 1. The van der Waals surface area contributed by atoms with Crippen LogP contribution in [0.4, 0.5) is 4.79 Å². The number of aryl methyl sites for hydroxylation is 1. The Morgan fingerprint density at radius 2 is 2.06 bits per heavy atom. The van der Waals surface area contributed by atoms with E-state index in [4.69, 9.17) is 15.0 Å². The zero-order valence-corrected chi connectivity index (χ0v) is 10.5. The minimum Gasteiger partial charge on any atom is -0.404 e. The number of ether oxygens (including phenoxy) is 1. The van der Waals surface area contributed by atoms with Crippen molar-refractivity contribution < 1.29 is 14.1 Å². The maximum Gasteiger partial charge on any atom is 0.410 e. The largest absolute Gasteiger partial charge is 0.410 e. The predicted molar refractivity (Wildman–Crippen MR) is 64.6 cm³/mol. The zero-order chi connectivity index (χ0) is 12.4. The van der Waals surface area contributed by atoms with Crippen molar-refractivity contribution in [2.45, 2.75) is 6.92 Å². The molecule has 0 atom stereocenters. The molecule has 2 rings (SSSR count). The van der Waals surface area contributed by atoms with Crippen molar-refractivity contribution in [2.75, 3.05) is 0 Å². The molecule has 0 fully saturated rings. The van der Waals surface area contributed by atoms with Crippen molar-refractivity contribution in [1.82, 2.24) is 5.16 Å². The molecule has 0 aliphatic rings. The van der Waals surface area contributed by atoms with Gasteiger partial charge in [0.2, 0.25) is 11.5 Å². The van der Waals surface area contributed by atoms with E-state index in [0.29, 0.717) is 11.5 Å². The lowest BCUT2D eigenvalue weighted by Gasteiger charge is -2.01. The second-order valence-electron chi connectivity index (χ2n) is 3.35. The van der Waals surface area contributed by atoms with Gasteiger partial charge >= 0.3 is 6.09 Å². The van der Waals surface area contributed by atoms with E-state index < -0.39 is 6.09 Å². The van der Waals surface area contributed by atoms with Crippen LogP contribution in [0.2, 0.25) is 0 Å². The fourth-order valence-electron chi connectivity index (χ4n) is 1.37. The third-order valence-corrected chi connectivity index (χ3v) is 2.65. The van der Waals surface area contributed by atoms with E-state index in [-0.39, 0.29) is 5.75 Å². The Bertz CT molecular complexity index is 548. The molecule has 0 radical (unpaired) electrons. The Morgan fingerprint density at radius 1 is 1.41 bits per heavy atom. The summed E-state index contributed by atoms with van der Waals surface area (Å²) in [6, 6.07) is 7.33. The van der Waals surface area contributed by atoms with E-state index in [1.165, 1.54) is 0 Å². The highest BCUT2D eigenvalue weighted by Crippen LogP contribution is 2.33. The Hall–Kier alpha value is -1.82. The minimum absolute atomic E-state index is 0.250. The summed E-state index contributed by atoms with van der Waals surface area (Å²) in [4.78, 5) is 10.8. The van der Waals surface area contributed by atoms with Crippen LogP contribution in [0, 0.1) is 6.92 Å². The van der Waals surface area contributed by atoms with Crippen LogP contribution in [0.5, 0.6) is 5.75 Å². The lowest BCUT2D eigenvalue weighted by molar-refractivity contribution is 0.210. The predicted octanol–water partition coefficient (Wildman–Crippen LogP) is 2.87. The van der Waals surface area contributed by atoms with Crippen LogP contribution < -0.4 is 10.5 Å². The van der Waals surface area contributed by atoms with Crippen molar-refractivity contribution >= 4 is 22.0 Å². The second-order valence-corrected chi connectivity index (χ2v) is 4.27. The topological polar surface area (TPSA) is 78.3 Å². The number of primary amides is 1. The first kappa shape index (κ1) is 11.7. The molecule has 0 aliphatic carbocycles. The Morgan fingerprint density at radius 3 is 2.65 bits per heavy atom. The van der Waals surface area contributed by atoms with Crippen LogP contribution >= 0.6 is 15.9 Å². The molecule has 1 heterocycles. The molecule has 0 aliphatic heterocycles. The second kappa shape index (κ2) is 4.58. The van der Waals surface area contributed by atoms with Crippen molar-refractivity contribution in [2.24, 2.45) is 5.73 Å². The summed E-state index contributed by atoms with van der Waals surface area (Å²) >= 11 is 3.33. The van der Waals surface area contributed by atoms with Gasteiger partial charge in [-0.1, -0.05) is 21.1 Å². The number of hydrogen-bond donors (Lipinski definition) is 1. The van der Waals surface area contributed by atoms with Gasteiger partial charge in [0.1, 0.15) is 5.69 Å². The van der Waals surface area contributed by atoms with Crippen LogP contribution in [0.1, 0.15) is 5.69 Å². The third-order valence-electron chi connectivity index (χ3n) is 2.12. The van der Waals surface area contributed by atoms with E-state index in [1.807, 2.05) is 24.3 Å². The molecule has 0 unspecified atom stereocenters. The van der Waals surface area contributed by atoms with Crippen LogP contribution in [-0.4, -0.2) is 11.2 Å². The zero-order valence-electron chi connectivity index (χ0n) is 8.94. The normalized spacial score (nSPS) is 10.2. The average molecular weight is 297 g/mol. The van der Waals surface area contributed by atoms with Gasteiger partial charge in [-0.3, -0.25) is 0 Å². The first-order valence-corrected chi connectivity index (χ1v) is 5.56. The number of carbonyl (C=O) groups excluding carboxylic acids is 1.